The van der Waals surface area contributed by atoms with E-state index in [4.69, 9.17) is 15.2 Å². The van der Waals surface area contributed by atoms with Gasteiger partial charge < -0.3 is 20.3 Å². The molecule has 0 saturated heterocycles. The van der Waals surface area contributed by atoms with Gasteiger partial charge in [-0.05, 0) is 55.0 Å². The molecule has 3 N–H and O–H groups in total. The summed E-state index contributed by atoms with van der Waals surface area (Å²) in [5.41, 5.74) is 6.99. The van der Waals surface area contributed by atoms with Crippen LogP contribution in [0.3, 0.4) is 0 Å². The fourth-order valence-corrected chi connectivity index (χ4v) is 4.74. The highest BCUT2D eigenvalue weighted by Gasteiger charge is 2.25. The number of hydrogen-bond donors (Lipinski definition) is 2. The Morgan fingerprint density at radius 1 is 1.07 bits per heavy atom. The fraction of sp³-hybridized carbons (Fsp3) is 0.194. The van der Waals surface area contributed by atoms with Crippen molar-refractivity contribution in [2.45, 2.75) is 26.0 Å². The summed E-state index contributed by atoms with van der Waals surface area (Å²) in [5.74, 6) is -0.0947. The number of aliphatic hydroxyl groups excluding tert-OH is 1. The number of methoxy groups -OCH3 is 1. The topological polar surface area (TPSA) is 122 Å². The van der Waals surface area contributed by atoms with Gasteiger partial charge in [-0.3, -0.25) is 19.3 Å². The van der Waals surface area contributed by atoms with Gasteiger partial charge in [-0.1, -0.05) is 24.3 Å². The third-order valence-electron chi connectivity index (χ3n) is 6.82. The number of hydrogen-bond acceptors (Lipinski definition) is 7. The first-order chi connectivity index (χ1) is 19.8. The van der Waals surface area contributed by atoms with Crippen molar-refractivity contribution in [3.05, 3.63) is 112 Å². The molecule has 10 heteroatoms. The summed E-state index contributed by atoms with van der Waals surface area (Å²) in [6.45, 7) is 1.65. The van der Waals surface area contributed by atoms with E-state index >= 15 is 4.39 Å². The number of carbonyl (C=O) groups excluding carboxylic acids is 1. The number of aliphatic hydroxyl groups is 1. The lowest BCUT2D eigenvalue weighted by Crippen LogP contribution is -2.31. The molecule has 0 saturated carbocycles. The van der Waals surface area contributed by atoms with E-state index in [-0.39, 0.29) is 30.8 Å². The maximum Gasteiger partial charge on any atom is 0.282 e. The van der Waals surface area contributed by atoms with Gasteiger partial charge in [0.25, 0.3) is 5.56 Å². The molecule has 2 heterocycles. The van der Waals surface area contributed by atoms with Crippen molar-refractivity contribution in [3.8, 4) is 22.9 Å². The monoisotopic (exact) mass is 556 g/mol. The van der Waals surface area contributed by atoms with E-state index in [0.717, 1.165) is 0 Å². The molecule has 0 aliphatic heterocycles. The molecule has 41 heavy (non-hydrogen) atoms. The summed E-state index contributed by atoms with van der Waals surface area (Å²) in [7, 11) is 1.56. The first-order valence-electron chi connectivity index (χ1n) is 13.0. The molecule has 2 aromatic heterocycles. The van der Waals surface area contributed by atoms with Gasteiger partial charge in [0.15, 0.2) is 17.3 Å². The third-order valence-corrected chi connectivity index (χ3v) is 6.82. The van der Waals surface area contributed by atoms with E-state index in [2.05, 4.69) is 4.98 Å². The Morgan fingerprint density at radius 2 is 1.85 bits per heavy atom. The molecule has 1 unspecified atom stereocenters. The molecule has 9 nitrogen and oxygen atoms in total. The van der Waals surface area contributed by atoms with Crippen LogP contribution in [0.25, 0.3) is 16.6 Å². The molecule has 0 aliphatic carbocycles. The predicted molar refractivity (Wildman–Crippen MR) is 153 cm³/mol. The number of Topliss-reactive ketones (excluding diaryl/α,β-unsaturated/α-hetero) is 1. The van der Waals surface area contributed by atoms with E-state index in [1.807, 2.05) is 6.07 Å². The lowest BCUT2D eigenvalue weighted by atomic mass is 10.0. The molecular weight excluding hydrogens is 527 g/mol. The van der Waals surface area contributed by atoms with Crippen LogP contribution >= 0.6 is 0 Å². The SMILES string of the molecule is COc1ccc2c(Oc3ccc(CC(=O)c4c(C)n(CC(O)CN)n(-c5ccccc5)c4=O)cc3F)ccnc2c1. The molecule has 0 aliphatic rings. The highest BCUT2D eigenvalue weighted by molar-refractivity contribution is 5.98. The zero-order valence-electron chi connectivity index (χ0n) is 22.6. The van der Waals surface area contributed by atoms with Crippen molar-refractivity contribution in [1.29, 1.82) is 0 Å². The fourth-order valence-electron chi connectivity index (χ4n) is 4.74. The van der Waals surface area contributed by atoms with Crippen LogP contribution in [-0.2, 0) is 13.0 Å². The van der Waals surface area contributed by atoms with Crippen LogP contribution in [0.1, 0.15) is 21.6 Å². The second-order valence-electron chi connectivity index (χ2n) is 9.54. The number of ketones is 1. The minimum Gasteiger partial charge on any atom is -0.497 e. The molecule has 210 valence electrons. The molecule has 5 aromatic rings. The van der Waals surface area contributed by atoms with Gasteiger partial charge >= 0.3 is 0 Å². The number of nitrogens with two attached hydrogens (primary N) is 1. The van der Waals surface area contributed by atoms with Crippen LogP contribution in [-0.4, -0.2) is 45.0 Å². The molecule has 0 fully saturated rings. The minimum absolute atomic E-state index is 0.0128. The Labute approximate surface area is 235 Å². The van der Waals surface area contributed by atoms with Gasteiger partial charge in [-0.25, -0.2) is 9.07 Å². The minimum atomic E-state index is -0.917. The number of benzene rings is 3. The maximum atomic E-state index is 15.2. The molecule has 3 aromatic carbocycles. The summed E-state index contributed by atoms with van der Waals surface area (Å²) in [6, 6.07) is 20.0. The Kier molecular flexibility index (Phi) is 7.95. The zero-order chi connectivity index (χ0) is 29.1. The highest BCUT2D eigenvalue weighted by atomic mass is 19.1. The standard InChI is InChI=1S/C31H29FN4O5/c1-19-30(31(39)36(21-6-4-3-5-7-21)35(19)18-22(37)17-33)27(38)15-20-8-11-29(25(32)14-20)41-28-12-13-34-26-16-23(40-2)9-10-24(26)28/h3-14,16,22,37H,15,17-18,33H2,1-2H3. The number of halogens is 1. The van der Waals surface area contributed by atoms with Crippen molar-refractivity contribution in [1.82, 2.24) is 14.3 Å². The maximum absolute atomic E-state index is 15.2. The van der Waals surface area contributed by atoms with Crippen LogP contribution in [0.5, 0.6) is 17.2 Å². The van der Waals surface area contributed by atoms with Gasteiger partial charge in [-0.15, -0.1) is 0 Å². The normalized spacial score (nSPS) is 11.9. The zero-order valence-corrected chi connectivity index (χ0v) is 22.6. The van der Waals surface area contributed by atoms with Crippen LogP contribution in [0.15, 0.2) is 83.8 Å². The summed E-state index contributed by atoms with van der Waals surface area (Å²) in [4.78, 5) is 31.2. The van der Waals surface area contributed by atoms with Gasteiger partial charge in [0.2, 0.25) is 0 Å². The summed E-state index contributed by atoms with van der Waals surface area (Å²) in [5, 5.41) is 10.9. The van der Waals surface area contributed by atoms with Crippen molar-refractivity contribution >= 4 is 16.7 Å². The molecular formula is C31H29FN4O5. The number of rotatable bonds is 10. The Morgan fingerprint density at radius 3 is 2.56 bits per heavy atom. The number of aromatic nitrogens is 3. The summed E-state index contributed by atoms with van der Waals surface area (Å²) < 4.78 is 29.2. The largest absolute Gasteiger partial charge is 0.497 e. The second-order valence-corrected chi connectivity index (χ2v) is 9.54. The predicted octanol–water partition coefficient (Wildman–Crippen LogP) is 4.18. The number of nitrogens with zero attached hydrogens (tertiary/aromatic N) is 3. The van der Waals surface area contributed by atoms with Crippen LogP contribution in [0, 0.1) is 12.7 Å². The Hall–Kier alpha value is -4.80. The van der Waals surface area contributed by atoms with Crippen molar-refractivity contribution in [3.63, 3.8) is 0 Å². The lowest BCUT2D eigenvalue weighted by Gasteiger charge is -2.16. The van der Waals surface area contributed by atoms with E-state index < -0.39 is 23.3 Å². The van der Waals surface area contributed by atoms with E-state index in [0.29, 0.717) is 39.3 Å². The number of carbonyl (C=O) groups is 1. The number of fused-ring (bicyclic) bond motifs is 1. The summed E-state index contributed by atoms with van der Waals surface area (Å²) >= 11 is 0. The van der Waals surface area contributed by atoms with Gasteiger partial charge in [0, 0.05) is 36.3 Å². The molecule has 0 bridgehead atoms. The first-order valence-corrected chi connectivity index (χ1v) is 13.0. The average molecular weight is 557 g/mol. The van der Waals surface area contributed by atoms with E-state index in [9.17, 15) is 14.7 Å². The van der Waals surface area contributed by atoms with E-state index in [1.54, 1.807) is 79.5 Å². The van der Waals surface area contributed by atoms with Crippen molar-refractivity contribution in [2.24, 2.45) is 5.73 Å². The lowest BCUT2D eigenvalue weighted by molar-refractivity contribution is 0.0990. The second kappa shape index (κ2) is 11.7. The molecule has 5 rings (SSSR count). The number of para-hydroxylation sites is 1. The molecule has 0 spiro atoms. The van der Waals surface area contributed by atoms with Crippen LogP contribution in [0.2, 0.25) is 0 Å². The Bertz CT molecular complexity index is 1780. The quantitative estimate of drug-likeness (QED) is 0.248. The van der Waals surface area contributed by atoms with Gasteiger partial charge in [0.1, 0.15) is 17.1 Å². The number of ether oxygens (including phenoxy) is 2. The van der Waals surface area contributed by atoms with Crippen LogP contribution in [0.4, 0.5) is 4.39 Å². The highest BCUT2D eigenvalue weighted by Crippen LogP contribution is 2.32. The number of pyridine rings is 1. The van der Waals surface area contributed by atoms with Crippen LogP contribution < -0.4 is 20.8 Å². The van der Waals surface area contributed by atoms with Gasteiger partial charge in [-0.2, -0.15) is 0 Å². The Balaban J connectivity index is 1.42. The average Bonchev–Trinajstić information content (AvgIpc) is 3.22. The van der Waals surface area contributed by atoms with Crippen molar-refractivity contribution in [2.75, 3.05) is 13.7 Å². The molecule has 1 atom stereocenters. The van der Waals surface area contributed by atoms with Crippen molar-refractivity contribution < 1.29 is 23.8 Å². The molecule has 0 radical (unpaired) electrons. The first kappa shape index (κ1) is 27.8. The summed E-state index contributed by atoms with van der Waals surface area (Å²) in [6.07, 6.45) is 0.439. The smallest absolute Gasteiger partial charge is 0.282 e. The van der Waals surface area contributed by atoms with E-state index in [1.165, 1.54) is 16.8 Å². The van der Waals surface area contributed by atoms with Gasteiger partial charge in [0.05, 0.1) is 31.0 Å². The molecule has 0 amide bonds. The third kappa shape index (κ3) is 5.60.